The summed E-state index contributed by atoms with van der Waals surface area (Å²) in [5, 5.41) is 18.4. The topological polar surface area (TPSA) is 157 Å². The van der Waals surface area contributed by atoms with Gasteiger partial charge in [-0.15, -0.1) is 0 Å². The van der Waals surface area contributed by atoms with Crippen LogP contribution in [0.1, 0.15) is 16.1 Å². The van der Waals surface area contributed by atoms with Crippen molar-refractivity contribution in [3.8, 4) is 11.5 Å². The highest BCUT2D eigenvalue weighted by molar-refractivity contribution is 6.10. The third kappa shape index (κ3) is 5.71. The minimum absolute atomic E-state index is 0.0499. The first-order chi connectivity index (χ1) is 18.8. The van der Waals surface area contributed by atoms with Crippen LogP contribution in [-0.2, 0) is 9.53 Å². The molecular weight excluding hydrogens is 518 g/mol. The summed E-state index contributed by atoms with van der Waals surface area (Å²) < 4.78 is 45.3. The summed E-state index contributed by atoms with van der Waals surface area (Å²) in [6.07, 6.45) is 2.56. The van der Waals surface area contributed by atoms with Crippen LogP contribution in [0.3, 0.4) is 0 Å². The fraction of sp³-hybridized carbons (Fsp3) is 0.320. The Bertz CT molecular complexity index is 1390. The zero-order valence-corrected chi connectivity index (χ0v) is 21.1. The third-order valence-corrected chi connectivity index (χ3v) is 5.91. The molecule has 0 aliphatic carbocycles. The maximum absolute atomic E-state index is 15.0. The van der Waals surface area contributed by atoms with Crippen LogP contribution >= 0.6 is 0 Å². The molecule has 3 heterocycles. The van der Waals surface area contributed by atoms with Crippen molar-refractivity contribution in [2.24, 2.45) is 0 Å². The molecule has 1 fully saturated rings. The van der Waals surface area contributed by atoms with Crippen molar-refractivity contribution < 1.29 is 37.7 Å². The monoisotopic (exact) mass is 544 g/mol. The number of halogens is 2. The molecule has 206 valence electrons. The van der Waals surface area contributed by atoms with Gasteiger partial charge in [0.05, 0.1) is 46.1 Å². The number of rotatable bonds is 11. The van der Waals surface area contributed by atoms with E-state index in [0.717, 1.165) is 12.1 Å². The van der Waals surface area contributed by atoms with Gasteiger partial charge < -0.3 is 35.3 Å². The number of aliphatic hydroxyl groups excluding tert-OH is 1. The number of aromatic nitrogens is 3. The van der Waals surface area contributed by atoms with Crippen molar-refractivity contribution >= 4 is 34.4 Å². The minimum atomic E-state index is -1.21. The van der Waals surface area contributed by atoms with Gasteiger partial charge in [0.15, 0.2) is 29.0 Å². The Balaban J connectivity index is 1.72. The average molecular weight is 545 g/mol. The van der Waals surface area contributed by atoms with Crippen LogP contribution in [0.2, 0.25) is 0 Å². The van der Waals surface area contributed by atoms with E-state index in [-0.39, 0.29) is 78.8 Å². The van der Waals surface area contributed by atoms with Crippen molar-refractivity contribution in [1.82, 2.24) is 20.3 Å². The molecule has 1 amide bonds. The summed E-state index contributed by atoms with van der Waals surface area (Å²) in [5.41, 5.74) is -0.941. The van der Waals surface area contributed by atoms with Gasteiger partial charge >= 0.3 is 0 Å². The molecule has 12 nitrogen and oxygen atoms in total. The van der Waals surface area contributed by atoms with Gasteiger partial charge in [-0.2, -0.15) is 0 Å². The van der Waals surface area contributed by atoms with E-state index in [1.165, 1.54) is 26.5 Å². The smallest absolute Gasteiger partial charge is 0.243 e. The number of ketones is 1. The van der Waals surface area contributed by atoms with E-state index in [1.54, 1.807) is 0 Å². The molecule has 2 atom stereocenters. The summed E-state index contributed by atoms with van der Waals surface area (Å²) in [4.78, 5) is 38.0. The molecule has 0 radical (unpaired) electrons. The zero-order valence-electron chi connectivity index (χ0n) is 21.1. The van der Waals surface area contributed by atoms with Crippen molar-refractivity contribution in [3.63, 3.8) is 0 Å². The molecule has 0 saturated carbocycles. The number of hydrogen-bond donors (Lipinski definition) is 4. The van der Waals surface area contributed by atoms with Gasteiger partial charge in [-0.25, -0.2) is 23.7 Å². The van der Waals surface area contributed by atoms with Gasteiger partial charge in [0.25, 0.3) is 0 Å². The maximum Gasteiger partial charge on any atom is 0.243 e. The fourth-order valence-corrected chi connectivity index (χ4v) is 3.98. The Hall–Kier alpha value is -4.43. The highest BCUT2D eigenvalue weighted by Crippen LogP contribution is 2.33. The van der Waals surface area contributed by atoms with Crippen molar-refractivity contribution in [1.29, 1.82) is 0 Å². The molecule has 4 rings (SSSR count). The largest absolute Gasteiger partial charge is 0.494 e. The summed E-state index contributed by atoms with van der Waals surface area (Å²) in [7, 11) is 2.34. The minimum Gasteiger partial charge on any atom is -0.494 e. The number of nitrogens with zero attached hydrogens (tertiary/aromatic N) is 3. The molecule has 4 N–H and O–H groups in total. The molecule has 1 aliphatic heterocycles. The van der Waals surface area contributed by atoms with Crippen LogP contribution in [0, 0.1) is 11.6 Å². The lowest BCUT2D eigenvalue weighted by Gasteiger charge is -2.20. The van der Waals surface area contributed by atoms with E-state index in [2.05, 4.69) is 37.5 Å². The van der Waals surface area contributed by atoms with E-state index < -0.39 is 23.0 Å². The lowest BCUT2D eigenvalue weighted by Crippen LogP contribution is -2.45. The van der Waals surface area contributed by atoms with Gasteiger partial charge in [0, 0.05) is 24.2 Å². The van der Waals surface area contributed by atoms with Crippen molar-refractivity contribution in [2.45, 2.75) is 12.1 Å². The summed E-state index contributed by atoms with van der Waals surface area (Å²) in [6.45, 7) is 3.79. The predicted octanol–water partition coefficient (Wildman–Crippen LogP) is 1.44. The Labute approximate surface area is 221 Å². The number of ether oxygens (including phenoxy) is 3. The molecule has 1 saturated heterocycles. The zero-order chi connectivity index (χ0) is 28.1. The second-order valence-corrected chi connectivity index (χ2v) is 8.36. The van der Waals surface area contributed by atoms with Crippen LogP contribution in [0.25, 0.3) is 10.9 Å². The van der Waals surface area contributed by atoms with Gasteiger partial charge in [-0.05, 0) is 12.1 Å². The van der Waals surface area contributed by atoms with Crippen LogP contribution < -0.4 is 25.4 Å². The molecule has 1 aliphatic rings. The molecule has 3 aromatic rings. The number of anilines is 2. The molecule has 2 aromatic heterocycles. The quantitative estimate of drug-likeness (QED) is 0.205. The molecule has 1 aromatic carbocycles. The van der Waals surface area contributed by atoms with Crippen molar-refractivity contribution in [3.05, 3.63) is 53.9 Å². The second-order valence-electron chi connectivity index (χ2n) is 8.36. The first kappa shape index (κ1) is 27.6. The number of methoxy groups -OCH3 is 2. The lowest BCUT2D eigenvalue weighted by molar-refractivity contribution is -0.117. The summed E-state index contributed by atoms with van der Waals surface area (Å²) >= 11 is 0. The third-order valence-electron chi connectivity index (χ3n) is 5.91. The number of nitrogens with one attached hydrogen (secondary N) is 3. The lowest BCUT2D eigenvalue weighted by atomic mass is 10.0. The summed E-state index contributed by atoms with van der Waals surface area (Å²) in [5.74, 6) is -4.34. The number of aliphatic hydroxyl groups is 1. The van der Waals surface area contributed by atoms with Crippen LogP contribution in [0.15, 0.2) is 31.0 Å². The summed E-state index contributed by atoms with van der Waals surface area (Å²) in [6, 6.07) is 1.59. The van der Waals surface area contributed by atoms with E-state index in [9.17, 15) is 23.5 Å². The first-order valence-electron chi connectivity index (χ1n) is 11.8. The molecule has 0 bridgehead atoms. The van der Waals surface area contributed by atoms with E-state index in [0.29, 0.717) is 5.39 Å². The second kappa shape index (κ2) is 12.0. The fourth-order valence-electron chi connectivity index (χ4n) is 3.98. The number of carbonyl (C=O) groups is 2. The van der Waals surface area contributed by atoms with E-state index in [4.69, 9.17) is 14.2 Å². The number of fused-ring (bicyclic) bond motifs is 1. The van der Waals surface area contributed by atoms with Crippen LogP contribution in [-0.4, -0.2) is 84.4 Å². The van der Waals surface area contributed by atoms with Crippen LogP contribution in [0.5, 0.6) is 11.5 Å². The maximum atomic E-state index is 15.0. The molecule has 0 spiro atoms. The molecular formula is C25H26F2N6O6. The normalized spacial score (nSPS) is 16.5. The number of benzene rings is 1. The standard InChI is InChI=1S/C25H26F2N6O6/c1-4-18(35)30-14-10-39-11-15(14)32-25-29-9-12-7-13(31-24(22(12)33-25)28-5-6-34)23(36)19-20(26)16(37-2)8-17(38-3)21(19)27/h4,7-9,14-15,34H,1,5-6,10-11H2,2-3H3,(H,28,31)(H,30,35)(H,29,32,33). The number of carbonyl (C=O) groups excluding carboxylic acids is 2. The van der Waals surface area contributed by atoms with Gasteiger partial charge in [-0.3, -0.25) is 9.59 Å². The molecule has 39 heavy (non-hydrogen) atoms. The molecule has 14 heteroatoms. The van der Waals surface area contributed by atoms with Gasteiger partial charge in [-0.1, -0.05) is 6.58 Å². The number of hydrogen-bond acceptors (Lipinski definition) is 11. The van der Waals surface area contributed by atoms with E-state index >= 15 is 0 Å². The Morgan fingerprint density at radius 2 is 1.85 bits per heavy atom. The van der Waals surface area contributed by atoms with Gasteiger partial charge in [0.1, 0.15) is 16.8 Å². The number of pyridine rings is 1. The van der Waals surface area contributed by atoms with E-state index in [1.807, 2.05) is 0 Å². The highest BCUT2D eigenvalue weighted by Gasteiger charge is 2.31. The Morgan fingerprint density at radius 1 is 1.15 bits per heavy atom. The first-order valence-corrected chi connectivity index (χ1v) is 11.8. The Kier molecular flexibility index (Phi) is 8.46. The SMILES string of the molecule is C=CC(=O)NC1COCC1Nc1ncc2cc(C(=O)c3c(F)c(OC)cc(OC)c3F)nc(NCCO)c2n1. The Morgan fingerprint density at radius 3 is 2.49 bits per heavy atom. The number of amides is 1. The highest BCUT2D eigenvalue weighted by atomic mass is 19.1. The van der Waals surface area contributed by atoms with Gasteiger partial charge in [0.2, 0.25) is 17.6 Å². The average Bonchev–Trinajstić information content (AvgIpc) is 3.37. The van der Waals surface area contributed by atoms with Crippen LogP contribution in [0.4, 0.5) is 20.5 Å². The van der Waals surface area contributed by atoms with Crippen molar-refractivity contribution in [2.75, 3.05) is 51.2 Å². The predicted molar refractivity (Wildman–Crippen MR) is 136 cm³/mol. The molecule has 2 unspecified atom stereocenters.